The van der Waals surface area contributed by atoms with E-state index in [1.54, 1.807) is 0 Å². The third-order valence-corrected chi connectivity index (χ3v) is 6.49. The largest absolute Gasteiger partial charge is 0.478 e. The summed E-state index contributed by atoms with van der Waals surface area (Å²) in [6.45, 7) is 4.82. The zero-order chi connectivity index (χ0) is 21.8. The summed E-state index contributed by atoms with van der Waals surface area (Å²) in [7, 11) is 0. The molecule has 1 aromatic carbocycles. The maximum absolute atomic E-state index is 9.55. The Kier molecular flexibility index (Phi) is 11.0. The van der Waals surface area contributed by atoms with Gasteiger partial charge in [-0.25, -0.2) is 9.59 Å². The maximum atomic E-state index is 9.55. The molecule has 1 saturated carbocycles. The summed E-state index contributed by atoms with van der Waals surface area (Å²) >= 11 is 1.87. The molecule has 1 saturated heterocycles. The molecule has 0 aromatic heterocycles. The van der Waals surface area contributed by atoms with Crippen molar-refractivity contribution in [3.63, 3.8) is 0 Å². The van der Waals surface area contributed by atoms with E-state index in [9.17, 15) is 9.59 Å². The summed E-state index contributed by atoms with van der Waals surface area (Å²) in [5.74, 6) is -1.57. The molecule has 2 fully saturated rings. The lowest BCUT2D eigenvalue weighted by molar-refractivity contribution is -0.134. The van der Waals surface area contributed by atoms with Crippen molar-refractivity contribution >= 4 is 23.7 Å². The van der Waals surface area contributed by atoms with E-state index in [2.05, 4.69) is 40.7 Å². The third-order valence-electron chi connectivity index (χ3n) is 5.65. The lowest BCUT2D eigenvalue weighted by atomic mass is 9.89. The number of carboxylic acids is 2. The van der Waals surface area contributed by atoms with Crippen LogP contribution in [0, 0.1) is 5.92 Å². The number of likely N-dealkylation sites (tertiary alicyclic amines) is 1. The highest BCUT2D eigenvalue weighted by Gasteiger charge is 2.23. The van der Waals surface area contributed by atoms with Gasteiger partial charge in [0.25, 0.3) is 0 Å². The van der Waals surface area contributed by atoms with Gasteiger partial charge in [-0.2, -0.15) is 0 Å². The zero-order valence-electron chi connectivity index (χ0n) is 17.8. The van der Waals surface area contributed by atoms with Gasteiger partial charge in [0.1, 0.15) is 0 Å². The van der Waals surface area contributed by atoms with Gasteiger partial charge in [0.2, 0.25) is 0 Å². The van der Waals surface area contributed by atoms with E-state index < -0.39 is 11.9 Å². The maximum Gasteiger partial charge on any atom is 0.328 e. The van der Waals surface area contributed by atoms with Gasteiger partial charge in [-0.3, -0.25) is 4.90 Å². The van der Waals surface area contributed by atoms with E-state index in [4.69, 9.17) is 10.2 Å². The smallest absolute Gasteiger partial charge is 0.328 e. The lowest BCUT2D eigenvalue weighted by Crippen LogP contribution is -2.36. The minimum Gasteiger partial charge on any atom is -0.478 e. The number of aliphatic carboxylic acids is 2. The number of rotatable bonds is 8. The molecule has 166 valence electrons. The number of carboxylic acid groups (broad SMARTS) is 2. The Labute approximate surface area is 183 Å². The highest BCUT2D eigenvalue weighted by Crippen LogP contribution is 2.25. The van der Waals surface area contributed by atoms with Crippen molar-refractivity contribution in [1.82, 2.24) is 10.2 Å². The van der Waals surface area contributed by atoms with E-state index in [1.165, 1.54) is 68.6 Å². The summed E-state index contributed by atoms with van der Waals surface area (Å²) in [6, 6.07) is 9.56. The average molecular weight is 435 g/mol. The molecule has 3 N–H and O–H groups in total. The number of nitrogens with zero attached hydrogens (tertiary/aromatic N) is 1. The first-order valence-corrected chi connectivity index (χ1v) is 11.9. The highest BCUT2D eigenvalue weighted by molar-refractivity contribution is 7.98. The minimum atomic E-state index is -1.26. The Balaban J connectivity index is 0.000000343. The van der Waals surface area contributed by atoms with Crippen LogP contribution in [0.4, 0.5) is 0 Å². The van der Waals surface area contributed by atoms with Crippen molar-refractivity contribution in [3.8, 4) is 0 Å². The van der Waals surface area contributed by atoms with Gasteiger partial charge in [-0.1, -0.05) is 37.5 Å². The van der Waals surface area contributed by atoms with Gasteiger partial charge < -0.3 is 15.5 Å². The molecule has 1 aliphatic heterocycles. The van der Waals surface area contributed by atoms with Crippen LogP contribution in [0.2, 0.25) is 0 Å². The quantitative estimate of drug-likeness (QED) is 0.423. The summed E-state index contributed by atoms with van der Waals surface area (Å²) in [4.78, 5) is 23.2. The van der Waals surface area contributed by atoms with Crippen LogP contribution in [0.15, 0.2) is 41.3 Å². The van der Waals surface area contributed by atoms with Crippen LogP contribution < -0.4 is 5.32 Å². The molecule has 7 heteroatoms. The van der Waals surface area contributed by atoms with Crippen molar-refractivity contribution in [2.24, 2.45) is 5.92 Å². The molecule has 0 bridgehead atoms. The minimum absolute atomic E-state index is 0.558. The Morgan fingerprint density at radius 2 is 1.77 bits per heavy atom. The number of nitrogens with one attached hydrogen (secondary N) is 1. The second kappa shape index (κ2) is 13.5. The van der Waals surface area contributed by atoms with Crippen LogP contribution in [-0.4, -0.2) is 59.0 Å². The first-order valence-electron chi connectivity index (χ1n) is 10.7. The normalized spacial score (nSPS) is 20.1. The van der Waals surface area contributed by atoms with Gasteiger partial charge in [-0.15, -0.1) is 11.8 Å². The Bertz CT molecular complexity index is 688. The molecule has 1 atom stereocenters. The van der Waals surface area contributed by atoms with E-state index in [1.807, 2.05) is 11.8 Å². The predicted octanol–water partition coefficient (Wildman–Crippen LogP) is 3.86. The molecule has 0 unspecified atom stereocenters. The number of hydrogen-bond acceptors (Lipinski definition) is 5. The van der Waals surface area contributed by atoms with E-state index in [-0.39, 0.29) is 0 Å². The van der Waals surface area contributed by atoms with Crippen LogP contribution in [-0.2, 0) is 16.1 Å². The molecule has 1 heterocycles. The van der Waals surface area contributed by atoms with Gasteiger partial charge in [0.05, 0.1) is 0 Å². The highest BCUT2D eigenvalue weighted by atomic mass is 32.2. The summed E-state index contributed by atoms with van der Waals surface area (Å²) < 4.78 is 0. The van der Waals surface area contributed by atoms with Gasteiger partial charge in [0, 0.05) is 42.7 Å². The fraction of sp³-hybridized carbons (Fsp3) is 0.565. The fourth-order valence-electron chi connectivity index (χ4n) is 4.08. The summed E-state index contributed by atoms with van der Waals surface area (Å²) in [5, 5.41) is 19.5. The van der Waals surface area contributed by atoms with Gasteiger partial charge in [0.15, 0.2) is 0 Å². The monoisotopic (exact) mass is 434 g/mol. The second-order valence-corrected chi connectivity index (χ2v) is 8.80. The van der Waals surface area contributed by atoms with Crippen LogP contribution in [0.5, 0.6) is 0 Å². The second-order valence-electron chi connectivity index (χ2n) is 7.95. The van der Waals surface area contributed by atoms with Crippen molar-refractivity contribution in [3.05, 3.63) is 42.0 Å². The molecule has 0 spiro atoms. The molecule has 6 nitrogen and oxygen atoms in total. The van der Waals surface area contributed by atoms with Crippen molar-refractivity contribution in [2.75, 3.05) is 25.9 Å². The van der Waals surface area contributed by atoms with E-state index >= 15 is 0 Å². The lowest BCUT2D eigenvalue weighted by Gasteiger charge is -2.24. The van der Waals surface area contributed by atoms with Crippen molar-refractivity contribution < 1.29 is 19.8 Å². The van der Waals surface area contributed by atoms with Crippen LogP contribution in [0.3, 0.4) is 0 Å². The number of carbonyl (C=O) groups is 2. The van der Waals surface area contributed by atoms with E-state index in [0.29, 0.717) is 18.2 Å². The van der Waals surface area contributed by atoms with Crippen molar-refractivity contribution in [1.29, 1.82) is 0 Å². The standard InChI is InChI=1S/C19H30N2S.C4H4O4/c1-22-19-10-6-5-9-17(19)14-21-12-11-18(15-21)20-13-16-7-3-2-4-8-16;5-3(6)1-2-4(7)8/h5-6,9-10,16,18,20H,2-4,7-8,11-15H2,1H3;1-2H,(H,5,6)(H,7,8)/b;2-1+/t18-;/m0./s1. The molecule has 1 aliphatic carbocycles. The first-order chi connectivity index (χ1) is 14.5. The number of hydrogen-bond donors (Lipinski definition) is 3. The van der Waals surface area contributed by atoms with E-state index in [0.717, 1.165) is 12.5 Å². The molecule has 0 radical (unpaired) electrons. The summed E-state index contributed by atoms with van der Waals surface area (Å²) in [5.41, 5.74) is 1.49. The number of benzene rings is 1. The fourth-order valence-corrected chi connectivity index (χ4v) is 4.69. The zero-order valence-corrected chi connectivity index (χ0v) is 18.6. The first kappa shape index (κ1) is 24.4. The molecular weight excluding hydrogens is 400 g/mol. The molecule has 30 heavy (non-hydrogen) atoms. The SMILES string of the molecule is CSc1ccccc1CN1CC[C@H](NCC2CCCCC2)C1.O=C(O)/C=C/C(=O)O. The Hall–Kier alpha value is -1.83. The van der Waals surface area contributed by atoms with Crippen LogP contribution in [0.25, 0.3) is 0 Å². The topological polar surface area (TPSA) is 89.9 Å². The Morgan fingerprint density at radius 3 is 2.40 bits per heavy atom. The molecule has 0 amide bonds. The van der Waals surface area contributed by atoms with Crippen LogP contribution >= 0.6 is 11.8 Å². The molecule has 1 aromatic rings. The molecular formula is C23H34N2O4S. The van der Waals surface area contributed by atoms with Gasteiger partial charge in [-0.05, 0) is 49.6 Å². The Morgan fingerprint density at radius 1 is 1.10 bits per heavy atom. The van der Waals surface area contributed by atoms with Crippen LogP contribution in [0.1, 0.15) is 44.1 Å². The third kappa shape index (κ3) is 9.32. The average Bonchev–Trinajstić information content (AvgIpc) is 3.20. The predicted molar refractivity (Wildman–Crippen MR) is 121 cm³/mol. The number of thioether (sulfide) groups is 1. The van der Waals surface area contributed by atoms with Crippen molar-refractivity contribution in [2.45, 2.75) is 56.0 Å². The molecule has 3 rings (SSSR count). The summed E-state index contributed by atoms with van der Waals surface area (Å²) in [6.07, 6.45) is 11.9. The molecule has 2 aliphatic rings. The van der Waals surface area contributed by atoms with Gasteiger partial charge >= 0.3 is 11.9 Å².